The van der Waals surface area contributed by atoms with Crippen LogP contribution in [0.2, 0.25) is 0 Å². The second-order valence-corrected chi connectivity index (χ2v) is 6.02. The van der Waals surface area contributed by atoms with Gasteiger partial charge in [0.2, 0.25) is 0 Å². The Morgan fingerprint density at radius 1 is 1.00 bits per heavy atom. The Balaban J connectivity index is 2.52. The standard InChI is InChI=1S/C21H18O4/c1-12-8-10-15(11-9-12)19-16-6-4-5-7-17(16)25-21(24)20(19)18(13(2)22)14(3)23/h4-11,22H,1-3H3/b18-13+. The molecule has 0 bridgehead atoms. The van der Waals surface area contributed by atoms with Gasteiger partial charge >= 0.3 is 5.63 Å². The summed E-state index contributed by atoms with van der Waals surface area (Å²) in [5.74, 6) is -0.598. The Labute approximate surface area is 145 Å². The van der Waals surface area contributed by atoms with E-state index in [1.54, 1.807) is 12.1 Å². The zero-order chi connectivity index (χ0) is 18.1. The smallest absolute Gasteiger partial charge is 0.345 e. The maximum Gasteiger partial charge on any atom is 0.345 e. The molecule has 3 rings (SSSR count). The average Bonchev–Trinajstić information content (AvgIpc) is 2.56. The molecule has 0 aliphatic carbocycles. The van der Waals surface area contributed by atoms with Crippen molar-refractivity contribution in [3.8, 4) is 11.1 Å². The molecule has 1 aromatic heterocycles. The van der Waals surface area contributed by atoms with Crippen LogP contribution in [-0.4, -0.2) is 10.9 Å². The van der Waals surface area contributed by atoms with Crippen LogP contribution in [-0.2, 0) is 4.79 Å². The first kappa shape index (κ1) is 16.7. The summed E-state index contributed by atoms with van der Waals surface area (Å²) in [7, 11) is 0. The van der Waals surface area contributed by atoms with Gasteiger partial charge in [-0.25, -0.2) is 4.79 Å². The maximum atomic E-state index is 12.7. The molecule has 4 heteroatoms. The lowest BCUT2D eigenvalue weighted by Crippen LogP contribution is -2.14. The highest BCUT2D eigenvalue weighted by Crippen LogP contribution is 2.34. The predicted octanol–water partition coefficient (Wildman–Crippen LogP) is 4.65. The molecule has 0 spiro atoms. The number of benzene rings is 2. The maximum absolute atomic E-state index is 12.7. The van der Waals surface area contributed by atoms with E-state index in [0.29, 0.717) is 16.5 Å². The van der Waals surface area contributed by atoms with Gasteiger partial charge in [-0.05, 0) is 32.4 Å². The number of hydrogen-bond acceptors (Lipinski definition) is 4. The topological polar surface area (TPSA) is 67.5 Å². The monoisotopic (exact) mass is 334 g/mol. The second kappa shape index (κ2) is 6.40. The number of allylic oxidation sites excluding steroid dienone is 2. The molecule has 1 N–H and O–H groups in total. The fourth-order valence-electron chi connectivity index (χ4n) is 3.01. The summed E-state index contributed by atoms with van der Waals surface area (Å²) >= 11 is 0. The number of aliphatic hydroxyl groups excluding tert-OH is 1. The molecule has 0 radical (unpaired) electrons. The van der Waals surface area contributed by atoms with Crippen LogP contribution in [0.1, 0.15) is 25.0 Å². The van der Waals surface area contributed by atoms with Gasteiger partial charge in [0.25, 0.3) is 0 Å². The molecule has 0 atom stereocenters. The summed E-state index contributed by atoms with van der Waals surface area (Å²) in [6.07, 6.45) is 0. The van der Waals surface area contributed by atoms with Gasteiger partial charge in [-0.3, -0.25) is 4.79 Å². The summed E-state index contributed by atoms with van der Waals surface area (Å²) in [6.45, 7) is 4.69. The molecule has 25 heavy (non-hydrogen) atoms. The number of ketones is 1. The molecule has 0 aliphatic rings. The van der Waals surface area contributed by atoms with Crippen molar-refractivity contribution in [3.05, 3.63) is 75.8 Å². The van der Waals surface area contributed by atoms with Crippen LogP contribution < -0.4 is 5.63 Å². The van der Waals surface area contributed by atoms with E-state index in [2.05, 4.69) is 0 Å². The highest BCUT2D eigenvalue weighted by molar-refractivity contribution is 6.22. The zero-order valence-electron chi connectivity index (χ0n) is 14.3. The first-order valence-corrected chi connectivity index (χ1v) is 7.94. The Morgan fingerprint density at radius 3 is 2.24 bits per heavy atom. The summed E-state index contributed by atoms with van der Waals surface area (Å²) < 4.78 is 5.41. The van der Waals surface area contributed by atoms with Gasteiger partial charge in [0.05, 0.1) is 11.1 Å². The number of carbonyl (C=O) groups excluding carboxylic acids is 1. The minimum atomic E-state index is -0.645. The molecular weight excluding hydrogens is 316 g/mol. The van der Waals surface area contributed by atoms with Crippen molar-refractivity contribution in [1.82, 2.24) is 0 Å². The van der Waals surface area contributed by atoms with E-state index in [4.69, 9.17) is 4.42 Å². The summed E-state index contributed by atoms with van der Waals surface area (Å²) in [5.41, 5.74) is 2.32. The highest BCUT2D eigenvalue weighted by Gasteiger charge is 2.23. The number of hydrogen-bond donors (Lipinski definition) is 1. The molecule has 0 saturated heterocycles. The zero-order valence-corrected chi connectivity index (χ0v) is 14.3. The van der Waals surface area contributed by atoms with E-state index in [9.17, 15) is 14.7 Å². The van der Waals surface area contributed by atoms with Crippen molar-refractivity contribution >= 4 is 22.3 Å². The highest BCUT2D eigenvalue weighted by atomic mass is 16.4. The lowest BCUT2D eigenvalue weighted by Gasteiger charge is -2.14. The summed E-state index contributed by atoms with van der Waals surface area (Å²) in [6, 6.07) is 14.8. The molecular formula is C21H18O4. The van der Waals surface area contributed by atoms with Crippen LogP contribution in [0.15, 0.2) is 63.5 Å². The van der Waals surface area contributed by atoms with E-state index in [1.807, 2.05) is 43.3 Å². The fraction of sp³-hybridized carbons (Fsp3) is 0.143. The number of fused-ring (bicyclic) bond motifs is 1. The molecule has 1 heterocycles. The van der Waals surface area contributed by atoms with E-state index in [1.165, 1.54) is 13.8 Å². The van der Waals surface area contributed by atoms with Crippen LogP contribution in [0, 0.1) is 6.92 Å². The minimum absolute atomic E-state index is 0.0184. The molecule has 0 saturated carbocycles. The van der Waals surface area contributed by atoms with Crippen molar-refractivity contribution in [2.45, 2.75) is 20.8 Å². The van der Waals surface area contributed by atoms with Crippen LogP contribution in [0.3, 0.4) is 0 Å². The second-order valence-electron chi connectivity index (χ2n) is 6.02. The van der Waals surface area contributed by atoms with Crippen molar-refractivity contribution < 1.29 is 14.3 Å². The third-order valence-corrected chi connectivity index (χ3v) is 4.12. The SMILES string of the molecule is CC(=O)/C(=C(/C)O)c1c(-c2ccc(C)cc2)c2ccccc2oc1=O. The number of para-hydroxylation sites is 1. The molecule has 4 nitrogen and oxygen atoms in total. The van der Waals surface area contributed by atoms with Gasteiger partial charge in [-0.15, -0.1) is 0 Å². The molecule has 0 unspecified atom stereocenters. The van der Waals surface area contributed by atoms with Crippen molar-refractivity contribution in [2.24, 2.45) is 0 Å². The molecule has 3 aromatic rings. The van der Waals surface area contributed by atoms with Crippen LogP contribution in [0.5, 0.6) is 0 Å². The van der Waals surface area contributed by atoms with Gasteiger partial charge in [0, 0.05) is 10.9 Å². The van der Waals surface area contributed by atoms with E-state index < -0.39 is 11.4 Å². The van der Waals surface area contributed by atoms with Crippen molar-refractivity contribution in [2.75, 3.05) is 0 Å². The van der Waals surface area contributed by atoms with E-state index >= 15 is 0 Å². The third-order valence-electron chi connectivity index (χ3n) is 4.12. The Bertz CT molecular complexity index is 1050. The molecule has 126 valence electrons. The largest absolute Gasteiger partial charge is 0.512 e. The lowest BCUT2D eigenvalue weighted by molar-refractivity contribution is -0.111. The fourth-order valence-corrected chi connectivity index (χ4v) is 3.01. The number of rotatable bonds is 3. The number of carbonyl (C=O) groups is 1. The first-order valence-electron chi connectivity index (χ1n) is 7.94. The Morgan fingerprint density at radius 2 is 1.64 bits per heavy atom. The van der Waals surface area contributed by atoms with Gasteiger partial charge in [-0.1, -0.05) is 48.0 Å². The lowest BCUT2D eigenvalue weighted by atomic mass is 9.90. The van der Waals surface area contributed by atoms with Crippen LogP contribution in [0.25, 0.3) is 27.7 Å². The number of Topliss-reactive ketones (excluding diaryl/α,β-unsaturated/α-hetero) is 1. The Hall–Kier alpha value is -3.14. The van der Waals surface area contributed by atoms with Crippen LogP contribution >= 0.6 is 0 Å². The predicted molar refractivity (Wildman–Crippen MR) is 98.6 cm³/mol. The summed E-state index contributed by atoms with van der Waals surface area (Å²) in [5, 5.41) is 10.7. The van der Waals surface area contributed by atoms with E-state index in [0.717, 1.165) is 11.1 Å². The molecule has 2 aromatic carbocycles. The molecule has 0 aliphatic heterocycles. The molecule has 0 fully saturated rings. The first-order chi connectivity index (χ1) is 11.9. The van der Waals surface area contributed by atoms with E-state index in [-0.39, 0.29) is 16.9 Å². The van der Waals surface area contributed by atoms with Gasteiger partial charge in [-0.2, -0.15) is 0 Å². The van der Waals surface area contributed by atoms with Gasteiger partial charge < -0.3 is 9.52 Å². The van der Waals surface area contributed by atoms with Crippen molar-refractivity contribution in [1.29, 1.82) is 0 Å². The quantitative estimate of drug-likeness (QED) is 0.430. The minimum Gasteiger partial charge on any atom is -0.512 e. The Kier molecular flexibility index (Phi) is 4.28. The summed E-state index contributed by atoms with van der Waals surface area (Å²) in [4.78, 5) is 24.8. The van der Waals surface area contributed by atoms with Gasteiger partial charge in [0.1, 0.15) is 11.3 Å². The number of aryl methyl sites for hydroxylation is 1. The normalized spacial score (nSPS) is 12.1. The van der Waals surface area contributed by atoms with Gasteiger partial charge in [0.15, 0.2) is 5.78 Å². The third kappa shape index (κ3) is 2.98. The van der Waals surface area contributed by atoms with Crippen LogP contribution in [0.4, 0.5) is 0 Å². The average molecular weight is 334 g/mol. The van der Waals surface area contributed by atoms with Crippen molar-refractivity contribution in [3.63, 3.8) is 0 Å². The number of aliphatic hydroxyl groups is 1. The molecule has 0 amide bonds.